The Morgan fingerprint density at radius 3 is 2.10 bits per heavy atom. The Labute approximate surface area is 279 Å². The van der Waals surface area contributed by atoms with Crippen molar-refractivity contribution in [1.29, 1.82) is 0 Å². The van der Waals surface area contributed by atoms with E-state index in [1.165, 1.54) is 32.4 Å². The molecular weight excluding hydrogens is 716 g/mol. The second-order valence-electron chi connectivity index (χ2n) is 8.62. The lowest BCUT2D eigenvalue weighted by atomic mass is 10.2. The molecule has 0 saturated heterocycles. The third-order valence-corrected chi connectivity index (χ3v) is 6.84. The molecular formula is C25H23Cl2F3N8O9S. The van der Waals surface area contributed by atoms with Gasteiger partial charge in [-0.2, -0.15) is 36.7 Å². The van der Waals surface area contributed by atoms with E-state index >= 15 is 0 Å². The number of anilines is 2. The third-order valence-electron chi connectivity index (χ3n) is 5.43. The highest BCUT2D eigenvalue weighted by molar-refractivity contribution is 7.85. The first-order valence-corrected chi connectivity index (χ1v) is 14.9. The second-order valence-corrected chi connectivity index (χ2v) is 10.7. The van der Waals surface area contributed by atoms with Crippen molar-refractivity contribution in [2.24, 2.45) is 0 Å². The minimum absolute atomic E-state index is 0.0704. The van der Waals surface area contributed by atoms with Crippen LogP contribution in [-0.4, -0.2) is 59.9 Å². The highest BCUT2D eigenvalue weighted by Crippen LogP contribution is 2.39. The SMILES string of the molecule is CCOc1ccccc1OS(=O)(=O)NC(=O)Nc1nc(OC)cc(OC)n1.Nc1c([N+](=O)[O-])cnn1-c1c(Cl)cc(C(F)(F)F)cc1Cl. The maximum absolute atomic E-state index is 12.6. The van der Waals surface area contributed by atoms with Gasteiger partial charge < -0.3 is 24.1 Å². The molecule has 2 aromatic carbocycles. The summed E-state index contributed by atoms with van der Waals surface area (Å²) in [6.45, 7) is 2.04. The van der Waals surface area contributed by atoms with Crippen LogP contribution in [0.3, 0.4) is 0 Å². The Bertz CT molecular complexity index is 1870. The van der Waals surface area contributed by atoms with E-state index < -0.39 is 44.5 Å². The van der Waals surface area contributed by atoms with Gasteiger partial charge in [-0.3, -0.25) is 15.4 Å². The van der Waals surface area contributed by atoms with E-state index in [0.717, 1.165) is 10.9 Å². The van der Waals surface area contributed by atoms with Crippen molar-refractivity contribution in [1.82, 2.24) is 24.5 Å². The number of para-hydroxylation sites is 2. The van der Waals surface area contributed by atoms with Gasteiger partial charge in [0.25, 0.3) is 0 Å². The topological polar surface area (TPSA) is 225 Å². The molecule has 2 heterocycles. The Hall–Kier alpha value is -5.28. The fraction of sp³-hybridized carbons (Fsp3) is 0.200. The smallest absolute Gasteiger partial charge is 0.416 e. The number of halogens is 5. The number of methoxy groups -OCH3 is 2. The molecule has 0 aliphatic heterocycles. The van der Waals surface area contributed by atoms with Gasteiger partial charge in [0.1, 0.15) is 11.9 Å². The molecule has 0 spiro atoms. The Kier molecular flexibility index (Phi) is 12.0. The zero-order valence-corrected chi connectivity index (χ0v) is 26.9. The van der Waals surface area contributed by atoms with E-state index in [9.17, 15) is 36.5 Å². The average molecular weight is 739 g/mol. The van der Waals surface area contributed by atoms with Crippen molar-refractivity contribution >= 4 is 57.0 Å². The lowest BCUT2D eigenvalue weighted by Gasteiger charge is -2.12. The van der Waals surface area contributed by atoms with E-state index in [4.69, 9.17) is 47.3 Å². The number of benzene rings is 2. The van der Waals surface area contributed by atoms with Gasteiger partial charge in [-0.1, -0.05) is 35.3 Å². The van der Waals surface area contributed by atoms with Crippen LogP contribution in [0.25, 0.3) is 5.69 Å². The molecule has 4 N–H and O–H groups in total. The Morgan fingerprint density at radius 2 is 1.62 bits per heavy atom. The summed E-state index contributed by atoms with van der Waals surface area (Å²) in [6.07, 6.45) is -3.78. The summed E-state index contributed by atoms with van der Waals surface area (Å²) >= 11 is 11.5. The van der Waals surface area contributed by atoms with Crippen LogP contribution in [0.2, 0.25) is 10.0 Å². The summed E-state index contributed by atoms with van der Waals surface area (Å²) in [5, 5.41) is 15.7. The van der Waals surface area contributed by atoms with Gasteiger partial charge in [0.05, 0.1) is 47.4 Å². The van der Waals surface area contributed by atoms with Crippen molar-refractivity contribution < 1.29 is 49.7 Å². The fourth-order valence-electron chi connectivity index (χ4n) is 3.44. The van der Waals surface area contributed by atoms with Crippen LogP contribution in [0.4, 0.5) is 35.4 Å². The molecule has 2 aromatic heterocycles. The first-order chi connectivity index (χ1) is 22.5. The van der Waals surface area contributed by atoms with Crippen molar-refractivity contribution in [3.8, 4) is 28.9 Å². The molecule has 23 heteroatoms. The fourth-order valence-corrected chi connectivity index (χ4v) is 4.78. The first-order valence-electron chi connectivity index (χ1n) is 12.8. The first kappa shape index (κ1) is 37.2. The highest BCUT2D eigenvalue weighted by Gasteiger charge is 2.33. The van der Waals surface area contributed by atoms with Crippen LogP contribution in [0.15, 0.2) is 48.7 Å². The van der Waals surface area contributed by atoms with E-state index in [-0.39, 0.29) is 44.9 Å². The van der Waals surface area contributed by atoms with Crippen LogP contribution in [0, 0.1) is 10.1 Å². The molecule has 4 aromatic rings. The van der Waals surface area contributed by atoms with Crippen LogP contribution in [-0.2, 0) is 16.5 Å². The number of amides is 2. The molecule has 4 rings (SSSR count). The maximum atomic E-state index is 12.6. The van der Waals surface area contributed by atoms with Crippen LogP contribution >= 0.6 is 23.2 Å². The van der Waals surface area contributed by atoms with Crippen molar-refractivity contribution in [3.05, 3.63) is 74.4 Å². The third kappa shape index (κ3) is 9.62. The van der Waals surface area contributed by atoms with Crippen LogP contribution in [0.1, 0.15) is 12.5 Å². The van der Waals surface area contributed by atoms with E-state index in [1.54, 1.807) is 23.8 Å². The number of nitrogens with one attached hydrogen (secondary N) is 2. The Morgan fingerprint density at radius 1 is 1.06 bits per heavy atom. The minimum atomic E-state index is -4.63. The van der Waals surface area contributed by atoms with Gasteiger partial charge >= 0.3 is 28.2 Å². The summed E-state index contributed by atoms with van der Waals surface area (Å²) in [5.41, 5.74) is 3.78. The molecule has 258 valence electrons. The van der Waals surface area contributed by atoms with Gasteiger partial charge in [0.2, 0.25) is 23.5 Å². The zero-order chi connectivity index (χ0) is 35.8. The number of alkyl halides is 3. The zero-order valence-electron chi connectivity index (χ0n) is 24.6. The average Bonchev–Trinajstić information content (AvgIpc) is 3.37. The minimum Gasteiger partial charge on any atom is -0.490 e. The summed E-state index contributed by atoms with van der Waals surface area (Å²) < 4.78 is 84.5. The number of carbonyl (C=O) groups is 1. The van der Waals surface area contributed by atoms with Gasteiger partial charge in [-0.25, -0.2) is 14.2 Å². The van der Waals surface area contributed by atoms with Gasteiger partial charge in [-0.15, -0.1) is 0 Å². The van der Waals surface area contributed by atoms with Gasteiger partial charge in [0, 0.05) is 0 Å². The summed E-state index contributed by atoms with van der Waals surface area (Å²) in [7, 11) is -1.76. The number of nitrogens with two attached hydrogens (primary N) is 1. The summed E-state index contributed by atoms with van der Waals surface area (Å²) in [4.78, 5) is 29.5. The van der Waals surface area contributed by atoms with E-state index in [0.29, 0.717) is 18.7 Å². The number of hydrogen-bond acceptors (Lipinski definition) is 13. The molecule has 0 bridgehead atoms. The molecule has 2 amide bonds. The number of ether oxygens (including phenoxy) is 3. The molecule has 0 atom stereocenters. The molecule has 0 aliphatic carbocycles. The highest BCUT2D eigenvalue weighted by atomic mass is 35.5. The molecule has 0 saturated carbocycles. The number of hydrogen-bond donors (Lipinski definition) is 3. The van der Waals surface area contributed by atoms with Crippen LogP contribution in [0.5, 0.6) is 23.3 Å². The summed E-state index contributed by atoms with van der Waals surface area (Å²) in [6, 6.07) is 7.64. The monoisotopic (exact) mass is 738 g/mol. The van der Waals surface area contributed by atoms with Gasteiger partial charge in [-0.05, 0) is 31.2 Å². The predicted molar refractivity (Wildman–Crippen MR) is 164 cm³/mol. The predicted octanol–water partition coefficient (Wildman–Crippen LogP) is 5.03. The van der Waals surface area contributed by atoms with E-state index in [1.807, 2.05) is 0 Å². The number of carbonyl (C=O) groups excluding carboxylic acids is 1. The Balaban J connectivity index is 0.000000269. The number of aromatic nitrogens is 4. The van der Waals surface area contributed by atoms with Crippen molar-refractivity contribution in [2.75, 3.05) is 31.9 Å². The molecule has 0 aliphatic rings. The molecule has 48 heavy (non-hydrogen) atoms. The second kappa shape index (κ2) is 15.5. The van der Waals surface area contributed by atoms with E-state index in [2.05, 4.69) is 20.4 Å². The summed E-state index contributed by atoms with van der Waals surface area (Å²) in [5.74, 6) is -0.258. The maximum Gasteiger partial charge on any atom is 0.416 e. The number of urea groups is 1. The molecule has 17 nitrogen and oxygen atoms in total. The largest absolute Gasteiger partial charge is 0.490 e. The van der Waals surface area contributed by atoms with Crippen molar-refractivity contribution in [3.63, 3.8) is 0 Å². The number of nitrogens with zero attached hydrogens (tertiary/aromatic N) is 5. The lowest BCUT2D eigenvalue weighted by Crippen LogP contribution is -2.37. The molecule has 0 unspecified atom stereocenters. The van der Waals surface area contributed by atoms with Crippen molar-refractivity contribution in [2.45, 2.75) is 13.1 Å². The van der Waals surface area contributed by atoms with Gasteiger partial charge in [0.15, 0.2) is 11.5 Å². The number of nitrogen functional groups attached to an aromatic ring is 1. The quantitative estimate of drug-likeness (QED) is 0.144. The lowest BCUT2D eigenvalue weighted by molar-refractivity contribution is -0.383. The molecule has 0 fully saturated rings. The van der Waals surface area contributed by atoms with Crippen LogP contribution < -0.4 is 34.2 Å². The standard InChI is InChI=1S/C15H18N4O7S.C10H5Cl2F3N4O2/c1-4-25-10-7-5-6-8-11(10)26-27(21,22)19-15(20)18-14-16-12(23-2)9-13(17-14)24-3;11-5-1-4(10(13,14)15)2-6(12)8(5)18-9(16)7(3-17-18)19(20)21/h5-9H,4H2,1-3H3,(H2,16,17,18,19,20);1-3H,16H2. The number of nitro groups is 1. The normalized spacial score (nSPS) is 11.1. The molecule has 0 radical (unpaired) electrons. The number of rotatable bonds is 10.